The molecule has 1 aliphatic carbocycles. The monoisotopic (exact) mass is 250 g/mol. The van der Waals surface area contributed by atoms with Crippen LogP contribution in [0.5, 0.6) is 0 Å². The second kappa shape index (κ2) is 6.20. The third-order valence-electron chi connectivity index (χ3n) is 3.51. The van der Waals surface area contributed by atoms with Crippen molar-refractivity contribution in [2.75, 3.05) is 0 Å². The van der Waals surface area contributed by atoms with Crippen molar-refractivity contribution in [3.05, 3.63) is 21.9 Å². The minimum atomic E-state index is 0.550. The van der Waals surface area contributed by atoms with Crippen LogP contribution in [-0.2, 0) is 13.0 Å². The first kappa shape index (κ1) is 12.6. The predicted octanol–water partition coefficient (Wildman–Crippen LogP) is 3.75. The van der Waals surface area contributed by atoms with Crippen LogP contribution in [0.2, 0.25) is 0 Å². The Morgan fingerprint density at radius 3 is 2.65 bits per heavy atom. The third kappa shape index (κ3) is 3.56. The van der Waals surface area contributed by atoms with Crippen molar-refractivity contribution in [1.82, 2.24) is 0 Å². The van der Waals surface area contributed by atoms with E-state index >= 15 is 0 Å². The zero-order valence-electron chi connectivity index (χ0n) is 10.6. The van der Waals surface area contributed by atoms with E-state index in [-0.39, 0.29) is 0 Å². The van der Waals surface area contributed by atoms with Gasteiger partial charge in [-0.1, -0.05) is 26.2 Å². The minimum Gasteiger partial charge on any atom is -0.387 e. The van der Waals surface area contributed by atoms with Gasteiger partial charge in [0.1, 0.15) is 0 Å². The van der Waals surface area contributed by atoms with Gasteiger partial charge in [-0.05, 0) is 31.4 Å². The van der Waals surface area contributed by atoms with Gasteiger partial charge in [0.2, 0.25) is 0 Å². The van der Waals surface area contributed by atoms with Gasteiger partial charge in [0, 0.05) is 15.7 Å². The largest absolute Gasteiger partial charge is 0.387 e. The van der Waals surface area contributed by atoms with E-state index < -0.39 is 0 Å². The van der Waals surface area contributed by atoms with Gasteiger partial charge in [0.25, 0.3) is 0 Å². The van der Waals surface area contributed by atoms with Crippen LogP contribution in [0.3, 0.4) is 0 Å². The Morgan fingerprint density at radius 1 is 1.29 bits per heavy atom. The average Bonchev–Trinajstić information content (AvgIpc) is 2.85. The molecule has 0 bridgehead atoms. The highest BCUT2D eigenvalue weighted by Crippen LogP contribution is 2.24. The second-order valence-corrected chi connectivity index (χ2v) is 6.05. The summed E-state index contributed by atoms with van der Waals surface area (Å²) in [6.45, 7) is 2.96. The summed E-state index contributed by atoms with van der Waals surface area (Å²) in [5.74, 6) is 1.44. The summed E-state index contributed by atoms with van der Waals surface area (Å²) < 4.78 is 0. The van der Waals surface area contributed by atoms with Crippen LogP contribution in [0.1, 0.15) is 48.8 Å². The van der Waals surface area contributed by atoms with E-state index in [0.29, 0.717) is 5.92 Å². The van der Waals surface area contributed by atoms with Crippen molar-refractivity contribution in [3.8, 4) is 0 Å². The van der Waals surface area contributed by atoms with Gasteiger partial charge in [-0.2, -0.15) is 0 Å². The number of nitrogens with zero attached hydrogens (tertiary/aromatic N) is 1. The molecule has 0 saturated heterocycles. The normalized spacial score (nSPS) is 18.5. The first-order valence-electron chi connectivity index (χ1n) is 6.67. The summed E-state index contributed by atoms with van der Waals surface area (Å²) in [5, 5.41) is 0. The molecule has 0 amide bonds. The van der Waals surface area contributed by atoms with Crippen molar-refractivity contribution in [3.63, 3.8) is 0 Å². The molecule has 2 N–H and O–H groups in total. The maximum absolute atomic E-state index is 6.09. The highest BCUT2D eigenvalue weighted by molar-refractivity contribution is 7.11. The number of rotatable bonds is 4. The quantitative estimate of drug-likeness (QED) is 0.641. The van der Waals surface area contributed by atoms with E-state index in [9.17, 15) is 0 Å². The smallest absolute Gasteiger partial charge is 0.0972 e. The summed E-state index contributed by atoms with van der Waals surface area (Å²) in [7, 11) is 0. The molecule has 0 atom stereocenters. The first-order valence-corrected chi connectivity index (χ1v) is 7.48. The molecule has 0 unspecified atom stereocenters. The fourth-order valence-corrected chi connectivity index (χ4v) is 3.28. The summed E-state index contributed by atoms with van der Waals surface area (Å²) in [6.07, 6.45) is 7.60. The van der Waals surface area contributed by atoms with Crippen molar-refractivity contribution in [1.29, 1.82) is 0 Å². The average molecular weight is 250 g/mol. The van der Waals surface area contributed by atoms with Crippen LogP contribution in [0, 0.1) is 5.92 Å². The maximum atomic E-state index is 6.09. The van der Waals surface area contributed by atoms with Gasteiger partial charge in [-0.3, -0.25) is 4.99 Å². The van der Waals surface area contributed by atoms with Gasteiger partial charge in [0.15, 0.2) is 0 Å². The molecule has 1 aromatic rings. The van der Waals surface area contributed by atoms with Crippen LogP contribution in [-0.4, -0.2) is 5.84 Å². The number of nitrogens with two attached hydrogens (primary N) is 1. The van der Waals surface area contributed by atoms with E-state index in [1.165, 1.54) is 41.9 Å². The fraction of sp³-hybridized carbons (Fsp3) is 0.643. The van der Waals surface area contributed by atoms with Crippen molar-refractivity contribution in [2.24, 2.45) is 16.6 Å². The molecule has 94 valence electrons. The summed E-state index contributed by atoms with van der Waals surface area (Å²) >= 11 is 1.86. The number of aryl methyl sites for hydroxylation is 1. The molecule has 1 aromatic heterocycles. The SMILES string of the molecule is CCc1ccc(CN=C(N)C2CCCCC2)s1. The first-order chi connectivity index (χ1) is 8.29. The molecule has 0 spiro atoms. The standard InChI is InChI=1S/C14H22N2S/c1-2-12-8-9-13(17-12)10-16-14(15)11-6-4-3-5-7-11/h8-9,11H,2-7,10H2,1H3,(H2,15,16). The Kier molecular flexibility index (Phi) is 4.60. The number of amidine groups is 1. The Morgan fingerprint density at radius 2 is 2.00 bits per heavy atom. The van der Waals surface area contributed by atoms with Crippen molar-refractivity contribution < 1.29 is 0 Å². The molecule has 1 saturated carbocycles. The van der Waals surface area contributed by atoms with Crippen molar-refractivity contribution >= 4 is 17.2 Å². The predicted molar refractivity (Wildman–Crippen MR) is 75.6 cm³/mol. The molecule has 2 nitrogen and oxygen atoms in total. The summed E-state index contributed by atoms with van der Waals surface area (Å²) in [4.78, 5) is 7.34. The Hall–Kier alpha value is -0.830. The van der Waals surface area contributed by atoms with Crippen LogP contribution in [0.25, 0.3) is 0 Å². The van der Waals surface area contributed by atoms with Gasteiger partial charge >= 0.3 is 0 Å². The van der Waals surface area contributed by atoms with E-state index in [0.717, 1.165) is 18.8 Å². The summed E-state index contributed by atoms with van der Waals surface area (Å²) in [5.41, 5.74) is 6.09. The molecule has 3 heteroatoms. The molecule has 1 aliphatic rings. The number of aliphatic imine (C=N–C) groups is 1. The molecular weight excluding hydrogens is 228 g/mol. The Balaban J connectivity index is 1.90. The Bertz CT molecular complexity index is 375. The molecular formula is C14H22N2S. The van der Waals surface area contributed by atoms with Gasteiger partial charge < -0.3 is 5.73 Å². The van der Waals surface area contributed by atoms with Crippen LogP contribution in [0.15, 0.2) is 17.1 Å². The number of thiophene rings is 1. The van der Waals surface area contributed by atoms with E-state index in [4.69, 9.17) is 5.73 Å². The van der Waals surface area contributed by atoms with E-state index in [1.807, 2.05) is 11.3 Å². The highest BCUT2D eigenvalue weighted by Gasteiger charge is 2.16. The minimum absolute atomic E-state index is 0.550. The topological polar surface area (TPSA) is 38.4 Å². The lowest BCUT2D eigenvalue weighted by molar-refractivity contribution is 0.436. The van der Waals surface area contributed by atoms with Gasteiger partial charge in [0.05, 0.1) is 12.4 Å². The van der Waals surface area contributed by atoms with Crippen LogP contribution >= 0.6 is 11.3 Å². The number of hydrogen-bond acceptors (Lipinski definition) is 2. The molecule has 1 fully saturated rings. The zero-order valence-corrected chi connectivity index (χ0v) is 11.4. The fourth-order valence-electron chi connectivity index (χ4n) is 2.39. The second-order valence-electron chi connectivity index (χ2n) is 4.80. The molecule has 17 heavy (non-hydrogen) atoms. The number of hydrogen-bond donors (Lipinski definition) is 1. The van der Waals surface area contributed by atoms with Gasteiger partial charge in [-0.15, -0.1) is 11.3 Å². The lowest BCUT2D eigenvalue weighted by Crippen LogP contribution is -2.25. The molecule has 2 rings (SSSR count). The van der Waals surface area contributed by atoms with E-state index in [2.05, 4.69) is 24.0 Å². The maximum Gasteiger partial charge on any atom is 0.0972 e. The van der Waals surface area contributed by atoms with Crippen LogP contribution < -0.4 is 5.73 Å². The molecule has 0 aliphatic heterocycles. The molecule has 0 aromatic carbocycles. The Labute approximate surface area is 108 Å². The lowest BCUT2D eigenvalue weighted by Gasteiger charge is -2.20. The molecule has 0 radical (unpaired) electrons. The van der Waals surface area contributed by atoms with Gasteiger partial charge in [-0.25, -0.2) is 0 Å². The third-order valence-corrected chi connectivity index (χ3v) is 4.72. The van der Waals surface area contributed by atoms with Crippen LogP contribution in [0.4, 0.5) is 0 Å². The zero-order chi connectivity index (χ0) is 12.1. The van der Waals surface area contributed by atoms with Crippen molar-refractivity contribution in [2.45, 2.75) is 52.0 Å². The summed E-state index contributed by atoms with van der Waals surface area (Å²) in [6, 6.07) is 4.38. The highest BCUT2D eigenvalue weighted by atomic mass is 32.1. The molecule has 1 heterocycles. The van der Waals surface area contributed by atoms with E-state index in [1.54, 1.807) is 0 Å². The lowest BCUT2D eigenvalue weighted by atomic mass is 9.88.